The van der Waals surface area contributed by atoms with Crippen LogP contribution in [0.2, 0.25) is 0 Å². The second kappa shape index (κ2) is 8.21. The largest absolute Gasteiger partial charge is 0.427 e. The maximum Gasteiger partial charge on any atom is 0.349 e. The molecule has 2 fully saturated rings. The third-order valence-corrected chi connectivity index (χ3v) is 5.50. The summed E-state index contributed by atoms with van der Waals surface area (Å²) < 4.78 is 10.7. The van der Waals surface area contributed by atoms with Crippen LogP contribution in [0, 0.1) is 6.92 Å². The Morgan fingerprint density at radius 1 is 1.24 bits per heavy atom. The molecule has 1 unspecified atom stereocenters. The Bertz CT molecular complexity index is 974. The fraction of sp³-hybridized carbons (Fsp3) is 0.409. The van der Waals surface area contributed by atoms with Gasteiger partial charge in [0.05, 0.1) is 6.61 Å². The van der Waals surface area contributed by atoms with Crippen LogP contribution in [-0.4, -0.2) is 31.6 Å². The van der Waals surface area contributed by atoms with Gasteiger partial charge in [-0.05, 0) is 49.1 Å². The number of rotatable bonds is 5. The molecule has 2 aliphatic rings. The molecule has 0 aliphatic carbocycles. The van der Waals surface area contributed by atoms with E-state index in [0.29, 0.717) is 31.0 Å². The monoisotopic (exact) mass is 396 g/mol. The first-order valence-electron chi connectivity index (χ1n) is 9.93. The first-order valence-corrected chi connectivity index (χ1v) is 9.93. The van der Waals surface area contributed by atoms with Crippen molar-refractivity contribution < 1.29 is 18.7 Å². The Morgan fingerprint density at radius 2 is 2.03 bits per heavy atom. The summed E-state index contributed by atoms with van der Waals surface area (Å²) in [5, 5.41) is 2.78. The summed E-state index contributed by atoms with van der Waals surface area (Å²) in [6.45, 7) is 3.96. The van der Waals surface area contributed by atoms with E-state index in [-0.39, 0.29) is 23.9 Å². The van der Waals surface area contributed by atoms with Crippen LogP contribution in [-0.2, 0) is 16.1 Å². The molecule has 7 nitrogen and oxygen atoms in total. The van der Waals surface area contributed by atoms with Crippen molar-refractivity contribution in [2.45, 2.75) is 38.6 Å². The number of nitrogens with zero attached hydrogens (tertiary/aromatic N) is 1. The molecule has 1 aromatic carbocycles. The standard InChI is InChI=1S/C22H24N2O5/c1-14-11-18(16-8-10-28-13-16)29-22(27)20(14)21(26)23-12-15-4-6-17(7-5-15)24-9-2-3-19(24)25/h4-7,11,16H,2-3,8-10,12-13H2,1H3,(H,23,26). The van der Waals surface area contributed by atoms with Crippen molar-refractivity contribution in [1.29, 1.82) is 0 Å². The van der Waals surface area contributed by atoms with Gasteiger partial charge in [-0.2, -0.15) is 0 Å². The topological polar surface area (TPSA) is 88.8 Å². The summed E-state index contributed by atoms with van der Waals surface area (Å²) in [6, 6.07) is 9.27. The molecule has 152 valence electrons. The minimum Gasteiger partial charge on any atom is -0.427 e. The number of anilines is 1. The Kier molecular flexibility index (Phi) is 5.49. The van der Waals surface area contributed by atoms with E-state index in [9.17, 15) is 14.4 Å². The van der Waals surface area contributed by atoms with Gasteiger partial charge in [-0.15, -0.1) is 0 Å². The van der Waals surface area contributed by atoms with E-state index in [1.54, 1.807) is 17.9 Å². The fourth-order valence-corrected chi connectivity index (χ4v) is 3.85. The molecule has 0 radical (unpaired) electrons. The smallest absolute Gasteiger partial charge is 0.349 e. The lowest BCUT2D eigenvalue weighted by Crippen LogP contribution is -2.29. The Hall–Kier alpha value is -2.93. The first kappa shape index (κ1) is 19.4. The van der Waals surface area contributed by atoms with Crippen LogP contribution >= 0.6 is 0 Å². The van der Waals surface area contributed by atoms with E-state index in [2.05, 4.69) is 5.32 Å². The van der Waals surface area contributed by atoms with Crippen LogP contribution in [0.15, 0.2) is 39.5 Å². The molecule has 0 saturated carbocycles. The van der Waals surface area contributed by atoms with Gasteiger partial charge in [0.25, 0.3) is 5.91 Å². The van der Waals surface area contributed by atoms with Crippen molar-refractivity contribution in [2.75, 3.05) is 24.7 Å². The van der Waals surface area contributed by atoms with Crippen LogP contribution in [0.5, 0.6) is 0 Å². The lowest BCUT2D eigenvalue weighted by Gasteiger charge is -2.16. The summed E-state index contributed by atoms with van der Waals surface area (Å²) in [4.78, 5) is 38.5. The minimum atomic E-state index is -0.618. The van der Waals surface area contributed by atoms with E-state index in [1.165, 1.54) is 0 Å². The third-order valence-electron chi connectivity index (χ3n) is 5.50. The quantitative estimate of drug-likeness (QED) is 0.839. The first-order chi connectivity index (χ1) is 14.0. The molecule has 1 aromatic heterocycles. The summed E-state index contributed by atoms with van der Waals surface area (Å²) in [6.07, 6.45) is 2.28. The molecule has 29 heavy (non-hydrogen) atoms. The van der Waals surface area contributed by atoms with Crippen molar-refractivity contribution >= 4 is 17.5 Å². The van der Waals surface area contributed by atoms with Crippen LogP contribution in [0.1, 0.15) is 52.4 Å². The van der Waals surface area contributed by atoms with Crippen LogP contribution in [0.3, 0.4) is 0 Å². The molecule has 1 N–H and O–H groups in total. The zero-order valence-corrected chi connectivity index (χ0v) is 16.4. The summed E-state index contributed by atoms with van der Waals surface area (Å²) in [5.41, 5.74) is 1.77. The summed E-state index contributed by atoms with van der Waals surface area (Å²) >= 11 is 0. The Balaban J connectivity index is 1.42. The molecular formula is C22H24N2O5. The minimum absolute atomic E-state index is 0.0342. The number of amides is 2. The molecule has 3 heterocycles. The molecular weight excluding hydrogens is 372 g/mol. The van der Waals surface area contributed by atoms with Gasteiger partial charge in [-0.1, -0.05) is 12.1 Å². The van der Waals surface area contributed by atoms with E-state index in [0.717, 1.165) is 30.6 Å². The van der Waals surface area contributed by atoms with Gasteiger partial charge >= 0.3 is 5.63 Å². The van der Waals surface area contributed by atoms with Crippen molar-refractivity contribution in [3.8, 4) is 0 Å². The Labute approximate surface area is 168 Å². The maximum atomic E-state index is 12.6. The Morgan fingerprint density at radius 3 is 2.66 bits per heavy atom. The number of aryl methyl sites for hydroxylation is 1. The highest BCUT2D eigenvalue weighted by Crippen LogP contribution is 2.25. The summed E-state index contributed by atoms with van der Waals surface area (Å²) in [5.74, 6) is 0.332. The predicted octanol–water partition coefficient (Wildman–Crippen LogP) is 2.51. The molecule has 0 bridgehead atoms. The number of nitrogens with one attached hydrogen (secondary N) is 1. The molecule has 2 saturated heterocycles. The van der Waals surface area contributed by atoms with Gasteiger partial charge < -0.3 is 19.4 Å². The molecule has 1 atom stereocenters. The van der Waals surface area contributed by atoms with E-state index in [4.69, 9.17) is 9.15 Å². The molecule has 7 heteroatoms. The van der Waals surface area contributed by atoms with Gasteiger partial charge in [0.1, 0.15) is 11.3 Å². The molecule has 2 amide bonds. The van der Waals surface area contributed by atoms with E-state index >= 15 is 0 Å². The lowest BCUT2D eigenvalue weighted by atomic mass is 10.0. The number of ether oxygens (including phenoxy) is 1. The SMILES string of the molecule is Cc1cc(C2CCOC2)oc(=O)c1C(=O)NCc1ccc(N2CCCC2=O)cc1. The van der Waals surface area contributed by atoms with E-state index in [1.807, 2.05) is 24.3 Å². The average Bonchev–Trinajstić information content (AvgIpc) is 3.38. The van der Waals surface area contributed by atoms with Crippen LogP contribution in [0.4, 0.5) is 5.69 Å². The van der Waals surface area contributed by atoms with E-state index < -0.39 is 11.5 Å². The van der Waals surface area contributed by atoms with Crippen molar-refractivity contribution in [1.82, 2.24) is 5.32 Å². The van der Waals surface area contributed by atoms with Crippen molar-refractivity contribution in [3.05, 3.63) is 63.2 Å². The fourth-order valence-electron chi connectivity index (χ4n) is 3.85. The molecule has 0 spiro atoms. The maximum absolute atomic E-state index is 12.6. The highest BCUT2D eigenvalue weighted by Gasteiger charge is 2.24. The van der Waals surface area contributed by atoms with Crippen molar-refractivity contribution in [3.63, 3.8) is 0 Å². The highest BCUT2D eigenvalue weighted by atomic mass is 16.5. The van der Waals surface area contributed by atoms with Crippen LogP contribution in [0.25, 0.3) is 0 Å². The zero-order chi connectivity index (χ0) is 20.4. The summed E-state index contributed by atoms with van der Waals surface area (Å²) in [7, 11) is 0. The molecule has 2 aromatic rings. The van der Waals surface area contributed by atoms with Gasteiger partial charge in [-0.25, -0.2) is 4.79 Å². The number of benzene rings is 1. The third kappa shape index (κ3) is 4.10. The molecule has 2 aliphatic heterocycles. The average molecular weight is 396 g/mol. The van der Waals surface area contributed by atoms with Gasteiger partial charge in [-0.3, -0.25) is 9.59 Å². The second-order valence-corrected chi connectivity index (χ2v) is 7.55. The number of carbonyl (C=O) groups excluding carboxylic acids is 2. The van der Waals surface area contributed by atoms with Gasteiger partial charge in [0.15, 0.2) is 0 Å². The van der Waals surface area contributed by atoms with Gasteiger partial charge in [0.2, 0.25) is 5.91 Å². The van der Waals surface area contributed by atoms with Crippen molar-refractivity contribution in [2.24, 2.45) is 0 Å². The van der Waals surface area contributed by atoms with Gasteiger partial charge in [0, 0.05) is 37.7 Å². The number of hydrogen-bond acceptors (Lipinski definition) is 5. The zero-order valence-electron chi connectivity index (χ0n) is 16.4. The number of hydrogen-bond donors (Lipinski definition) is 1. The second-order valence-electron chi connectivity index (χ2n) is 7.55. The predicted molar refractivity (Wildman–Crippen MR) is 107 cm³/mol. The normalized spacial score (nSPS) is 19.0. The molecule has 4 rings (SSSR count). The lowest BCUT2D eigenvalue weighted by molar-refractivity contribution is -0.117. The number of carbonyl (C=O) groups is 2. The van der Waals surface area contributed by atoms with Crippen LogP contribution < -0.4 is 15.8 Å². The highest BCUT2D eigenvalue weighted by molar-refractivity contribution is 5.95.